The summed E-state index contributed by atoms with van der Waals surface area (Å²) in [6, 6.07) is 36.2. The Morgan fingerprint density at radius 3 is 0.494 bits per heavy atom. The molecule has 87 heavy (non-hydrogen) atoms. The van der Waals surface area contributed by atoms with Crippen molar-refractivity contribution < 1.29 is 0 Å². The number of aliphatic imine (C=N–C) groups is 6. The third kappa shape index (κ3) is 15.5. The topological polar surface area (TPSA) is 161 Å². The number of fused-ring (bicyclic) bond motifs is 6. The molecule has 0 saturated carbocycles. The van der Waals surface area contributed by atoms with Crippen molar-refractivity contribution in [3.05, 3.63) is 109 Å². The van der Waals surface area contributed by atoms with Gasteiger partial charge in [0.05, 0.1) is 34.1 Å². The van der Waals surface area contributed by atoms with E-state index in [1.165, 1.54) is 0 Å². The molecule has 0 amide bonds. The highest BCUT2D eigenvalue weighted by atomic mass is 15.4. The van der Waals surface area contributed by atoms with Crippen LogP contribution in [0.2, 0.25) is 0 Å². The predicted octanol–water partition coefficient (Wildman–Crippen LogP) is 9.26. The molecule has 24 heteroatoms. The van der Waals surface area contributed by atoms with Gasteiger partial charge in [0.1, 0.15) is 34.9 Å². The van der Waals surface area contributed by atoms with Gasteiger partial charge in [0, 0.05) is 223 Å². The van der Waals surface area contributed by atoms with Gasteiger partial charge < -0.3 is 58.8 Å². The first-order chi connectivity index (χ1) is 41.0. The molecule has 0 unspecified atom stereocenters. The van der Waals surface area contributed by atoms with E-state index in [0.717, 1.165) is 52.0 Å². The summed E-state index contributed by atoms with van der Waals surface area (Å²) in [5, 5.41) is 0. The minimum absolute atomic E-state index is 0.498. The zero-order valence-corrected chi connectivity index (χ0v) is 55.6. The Morgan fingerprint density at radius 1 is 0.218 bits per heavy atom. The highest BCUT2D eigenvalue weighted by Crippen LogP contribution is 2.46. The Hall–Kier alpha value is -9.87. The second-order valence-electron chi connectivity index (χ2n) is 23.4. The predicted molar refractivity (Wildman–Crippen MR) is 364 cm³/mol. The SMILES string of the molecule is CN(C)C(=Nc1ccc(N2c3cc(N=C(N(C)C)N(C)C)cc(n3)N(c3ccc(N=C(N(C)C)N(C)C)cc3)c3cc(N=C(N(C)C)N(C)C)cc(n3)N(c3ccc(N=C(N(C)C)N(C)C)cc3)c3cc(N=C(N(C)C)N(C)C)cc2n3)cc1)N(C)C. The Balaban J connectivity index is 1.73. The molecular weight excluding hydrogens is 1090 g/mol. The normalized spacial score (nSPS) is 11.4. The first kappa shape index (κ1) is 64.7. The average Bonchev–Trinajstić information content (AvgIpc) is 0.814. The molecule has 0 N–H and O–H groups in total. The van der Waals surface area contributed by atoms with Gasteiger partial charge in [-0.2, -0.15) is 0 Å². The van der Waals surface area contributed by atoms with Gasteiger partial charge in [-0.3, -0.25) is 14.7 Å². The molecule has 3 aromatic carbocycles. The molecule has 4 heterocycles. The molecule has 6 bridgehead atoms. The van der Waals surface area contributed by atoms with E-state index in [9.17, 15) is 0 Å². The van der Waals surface area contributed by atoms with Crippen LogP contribution in [0.25, 0.3) is 0 Å². The summed E-state index contributed by atoms with van der Waals surface area (Å²) in [5.41, 5.74) is 6.32. The van der Waals surface area contributed by atoms with E-state index in [1.54, 1.807) is 0 Å². The molecule has 24 nitrogen and oxygen atoms in total. The number of pyridine rings is 3. The molecule has 0 fully saturated rings. The molecule has 1 aliphatic rings. The number of aromatic nitrogens is 3. The minimum Gasteiger partial charge on any atom is -0.349 e. The quantitative estimate of drug-likeness (QED) is 0.0992. The lowest BCUT2D eigenvalue weighted by Gasteiger charge is -2.32. The van der Waals surface area contributed by atoms with Gasteiger partial charge in [0.25, 0.3) is 0 Å². The Bertz CT molecular complexity index is 3020. The van der Waals surface area contributed by atoms with Gasteiger partial charge in [-0.05, 0) is 72.8 Å². The van der Waals surface area contributed by atoms with Crippen molar-refractivity contribution in [2.24, 2.45) is 30.0 Å². The van der Waals surface area contributed by atoms with Gasteiger partial charge in [0.15, 0.2) is 0 Å². The smallest absolute Gasteiger partial charge is 0.200 e. The van der Waals surface area contributed by atoms with Crippen molar-refractivity contribution >= 4 is 122 Å². The van der Waals surface area contributed by atoms with Crippen LogP contribution < -0.4 is 14.7 Å². The lowest BCUT2D eigenvalue weighted by molar-refractivity contribution is 0.484. The molecule has 0 aliphatic carbocycles. The summed E-state index contributed by atoms with van der Waals surface area (Å²) < 4.78 is 0. The fourth-order valence-corrected chi connectivity index (χ4v) is 9.81. The lowest BCUT2D eigenvalue weighted by Crippen LogP contribution is -2.35. The van der Waals surface area contributed by atoms with Crippen molar-refractivity contribution in [1.82, 2.24) is 73.8 Å². The molecule has 0 spiro atoms. The van der Waals surface area contributed by atoms with E-state index in [2.05, 4.69) is 0 Å². The number of hydrogen-bond acceptors (Lipinski definition) is 12. The van der Waals surface area contributed by atoms with E-state index < -0.39 is 0 Å². The van der Waals surface area contributed by atoms with Gasteiger partial charge in [-0.15, -0.1) is 0 Å². The van der Waals surface area contributed by atoms with Gasteiger partial charge >= 0.3 is 0 Å². The van der Waals surface area contributed by atoms with Crippen LogP contribution in [0.3, 0.4) is 0 Å². The second-order valence-corrected chi connectivity index (χ2v) is 23.4. The van der Waals surface area contributed by atoms with E-state index in [4.69, 9.17) is 44.9 Å². The van der Waals surface area contributed by atoms with Crippen LogP contribution in [-0.2, 0) is 0 Å². The fraction of sp³-hybridized carbons (Fsp3) is 0.381. The molecule has 7 rings (SSSR count). The summed E-state index contributed by atoms with van der Waals surface area (Å²) in [6.07, 6.45) is 0. The highest BCUT2D eigenvalue weighted by molar-refractivity contribution is 5.91. The third-order valence-electron chi connectivity index (χ3n) is 13.2. The van der Waals surface area contributed by atoms with Crippen molar-refractivity contribution in [3.8, 4) is 0 Å². The summed E-state index contributed by atoms with van der Waals surface area (Å²) in [4.78, 5) is 78.5. The van der Waals surface area contributed by atoms with Gasteiger partial charge in [-0.25, -0.2) is 44.9 Å². The Kier molecular flexibility index (Phi) is 20.4. The number of nitrogens with zero attached hydrogens (tertiary/aromatic N) is 24. The molecule has 6 aromatic rings. The molecular formula is C63H90N24. The van der Waals surface area contributed by atoms with Crippen LogP contribution in [0.15, 0.2) is 139 Å². The van der Waals surface area contributed by atoms with Crippen LogP contribution in [0.5, 0.6) is 0 Å². The van der Waals surface area contributed by atoms with Crippen LogP contribution in [-0.4, -0.2) is 279 Å². The van der Waals surface area contributed by atoms with Crippen molar-refractivity contribution in [1.29, 1.82) is 0 Å². The largest absolute Gasteiger partial charge is 0.349 e. The molecule has 462 valence electrons. The third-order valence-corrected chi connectivity index (χ3v) is 13.2. The van der Waals surface area contributed by atoms with Crippen LogP contribution in [0.1, 0.15) is 0 Å². The first-order valence-corrected chi connectivity index (χ1v) is 28.4. The maximum Gasteiger partial charge on any atom is 0.200 e. The summed E-state index contributed by atoms with van der Waals surface area (Å²) in [7, 11) is 47.6. The van der Waals surface area contributed by atoms with Crippen LogP contribution in [0, 0.1) is 0 Å². The van der Waals surface area contributed by atoms with E-state index >= 15 is 0 Å². The Labute approximate surface area is 516 Å². The number of guanidine groups is 6. The summed E-state index contributed by atoms with van der Waals surface area (Å²) in [5.74, 6) is 7.47. The van der Waals surface area contributed by atoms with Gasteiger partial charge in [-0.1, -0.05) is 0 Å². The maximum absolute atomic E-state index is 5.71. The van der Waals surface area contributed by atoms with Crippen molar-refractivity contribution in [2.45, 2.75) is 0 Å². The monoisotopic (exact) mass is 1180 g/mol. The van der Waals surface area contributed by atoms with Crippen molar-refractivity contribution in [3.63, 3.8) is 0 Å². The minimum atomic E-state index is 0.498. The number of benzene rings is 3. The number of hydrogen-bond donors (Lipinski definition) is 0. The lowest BCUT2D eigenvalue weighted by atomic mass is 10.2. The van der Waals surface area contributed by atoms with Crippen LogP contribution in [0.4, 0.5) is 86.1 Å². The Morgan fingerprint density at radius 2 is 0.356 bits per heavy atom. The van der Waals surface area contributed by atoms with E-state index in [0.29, 0.717) is 69.8 Å². The maximum atomic E-state index is 5.71. The van der Waals surface area contributed by atoms with Gasteiger partial charge in [0.2, 0.25) is 35.8 Å². The average molecular weight is 1180 g/mol. The number of anilines is 9. The zero-order valence-electron chi connectivity index (χ0n) is 55.6. The molecule has 0 atom stereocenters. The van der Waals surface area contributed by atoms with Crippen LogP contribution >= 0.6 is 0 Å². The zero-order chi connectivity index (χ0) is 63.9. The summed E-state index contributed by atoms with van der Waals surface area (Å²) >= 11 is 0. The molecule has 1 aliphatic heterocycles. The second kappa shape index (κ2) is 27.4. The first-order valence-electron chi connectivity index (χ1n) is 28.4. The van der Waals surface area contributed by atoms with E-state index in [-0.39, 0.29) is 0 Å². The standard InChI is InChI=1S/C63H90N24/c1-73(2)58(74(3)4)64-43-25-31-49(32-26-43)85-52-37-46(67-61(79(13)14)80(15)16)39-54(70-52)86(50-33-27-44(28-34-50)65-59(75(5)6)76(7)8)56-41-48(69-63(83(21)22)84(23)24)42-57(72-56)87(51-35-29-45(30-36-51)66-60(77(9)10)78(11)12)55-40-47(38-53(85)71-55)68-62(81(17)18)82(19)20/h25-42H,1-24H3. The molecule has 0 radical (unpaired) electrons. The summed E-state index contributed by atoms with van der Waals surface area (Å²) in [6.45, 7) is 0. The number of rotatable bonds is 9. The van der Waals surface area contributed by atoms with E-state index in [1.807, 2.05) is 352 Å². The fourth-order valence-electron chi connectivity index (χ4n) is 9.81. The molecule has 0 saturated heterocycles. The van der Waals surface area contributed by atoms with Crippen molar-refractivity contribution in [2.75, 3.05) is 184 Å². The highest BCUT2D eigenvalue weighted by Gasteiger charge is 2.29. The molecule has 3 aromatic heterocycles.